The molecule has 0 N–H and O–H groups in total. The molecule has 0 unspecified atom stereocenters. The Kier molecular flexibility index (Phi) is 6.49. The van der Waals surface area contributed by atoms with Gasteiger partial charge in [-0.05, 0) is 52.9 Å². The fourth-order valence-corrected chi connectivity index (χ4v) is 3.60. The van der Waals surface area contributed by atoms with E-state index in [1.165, 1.54) is 0 Å². The monoisotopic (exact) mass is 419 g/mol. The predicted octanol–water partition coefficient (Wildman–Crippen LogP) is 5.14. The number of nitrogens with zero attached hydrogens (tertiary/aromatic N) is 3. The third kappa shape index (κ3) is 4.19. The van der Waals surface area contributed by atoms with E-state index in [0.29, 0.717) is 18.1 Å². The SMILES string of the molecule is C.COc1ccc(-c2ccn3c(=O)n(CC(C)C)nc3c2-c2ccc(OC)cc2)cc1. The van der Waals surface area contributed by atoms with Crippen LogP contribution in [0.4, 0.5) is 0 Å². The summed E-state index contributed by atoms with van der Waals surface area (Å²) in [7, 11) is 3.29. The molecule has 6 heteroatoms. The molecule has 0 aliphatic heterocycles. The molecule has 0 radical (unpaired) electrons. The average Bonchev–Trinajstić information content (AvgIpc) is 3.08. The van der Waals surface area contributed by atoms with Crippen molar-refractivity contribution in [2.24, 2.45) is 5.92 Å². The Morgan fingerprint density at radius 3 is 1.94 bits per heavy atom. The minimum atomic E-state index is -0.130. The quantitative estimate of drug-likeness (QED) is 0.434. The van der Waals surface area contributed by atoms with Crippen molar-refractivity contribution in [2.75, 3.05) is 14.2 Å². The topological polar surface area (TPSA) is 57.8 Å². The van der Waals surface area contributed by atoms with E-state index in [4.69, 9.17) is 14.6 Å². The van der Waals surface area contributed by atoms with Crippen molar-refractivity contribution < 1.29 is 9.47 Å². The Hall–Kier alpha value is -3.54. The minimum absolute atomic E-state index is 0. The van der Waals surface area contributed by atoms with E-state index in [2.05, 4.69) is 13.8 Å². The molecule has 4 aromatic rings. The maximum atomic E-state index is 12.9. The summed E-state index contributed by atoms with van der Waals surface area (Å²) in [6.07, 6.45) is 1.80. The molecule has 0 saturated carbocycles. The molecule has 4 rings (SSSR count). The fourth-order valence-electron chi connectivity index (χ4n) is 3.60. The summed E-state index contributed by atoms with van der Waals surface area (Å²) < 4.78 is 13.8. The summed E-state index contributed by atoms with van der Waals surface area (Å²) in [5.41, 5.74) is 4.40. The van der Waals surface area contributed by atoms with Crippen molar-refractivity contribution in [1.82, 2.24) is 14.2 Å². The van der Waals surface area contributed by atoms with Gasteiger partial charge in [0.2, 0.25) is 0 Å². The van der Waals surface area contributed by atoms with Gasteiger partial charge in [0, 0.05) is 18.3 Å². The number of aromatic nitrogens is 3. The molecule has 2 heterocycles. The molecule has 0 bridgehead atoms. The van der Waals surface area contributed by atoms with Gasteiger partial charge >= 0.3 is 5.69 Å². The second kappa shape index (κ2) is 9.08. The van der Waals surface area contributed by atoms with Gasteiger partial charge in [0.15, 0.2) is 5.65 Å². The number of benzene rings is 2. The maximum Gasteiger partial charge on any atom is 0.350 e. The van der Waals surface area contributed by atoms with Crippen molar-refractivity contribution in [2.45, 2.75) is 27.8 Å². The molecule has 6 nitrogen and oxygen atoms in total. The Morgan fingerprint density at radius 2 is 1.42 bits per heavy atom. The molecule has 2 aromatic carbocycles. The largest absolute Gasteiger partial charge is 0.497 e. The summed E-state index contributed by atoms with van der Waals surface area (Å²) in [6, 6.07) is 17.7. The Balaban J connectivity index is 0.00000272. The molecule has 0 spiro atoms. The standard InChI is InChI=1S/C24H25N3O3.CH4/c1-16(2)15-27-24(28)26-14-13-21(17-5-9-19(29-3)10-6-17)22(23(26)25-27)18-7-11-20(30-4)12-8-18;/h5-14,16H,15H2,1-4H3;1H4. The first kappa shape index (κ1) is 22.2. The van der Waals surface area contributed by atoms with Crippen molar-refractivity contribution in [3.05, 3.63) is 71.3 Å². The molecular weight excluding hydrogens is 390 g/mol. The van der Waals surface area contributed by atoms with Crippen molar-refractivity contribution in [3.63, 3.8) is 0 Å². The van der Waals surface area contributed by atoms with Crippen molar-refractivity contribution >= 4 is 5.65 Å². The van der Waals surface area contributed by atoms with Crippen LogP contribution in [0.1, 0.15) is 21.3 Å². The zero-order valence-corrected chi connectivity index (χ0v) is 17.6. The van der Waals surface area contributed by atoms with Gasteiger partial charge in [-0.3, -0.25) is 0 Å². The zero-order chi connectivity index (χ0) is 21.3. The Morgan fingerprint density at radius 1 is 0.871 bits per heavy atom. The van der Waals surface area contributed by atoms with Gasteiger partial charge in [0.25, 0.3) is 0 Å². The molecule has 2 aromatic heterocycles. The number of hydrogen-bond donors (Lipinski definition) is 0. The van der Waals surface area contributed by atoms with Crippen molar-refractivity contribution in [1.29, 1.82) is 0 Å². The lowest BCUT2D eigenvalue weighted by atomic mass is 9.95. The first-order valence-electron chi connectivity index (χ1n) is 9.93. The highest BCUT2D eigenvalue weighted by atomic mass is 16.5. The van der Waals surface area contributed by atoms with Crippen LogP contribution in [0.15, 0.2) is 65.6 Å². The van der Waals surface area contributed by atoms with Crippen LogP contribution in [0.2, 0.25) is 0 Å². The molecule has 0 amide bonds. The maximum absolute atomic E-state index is 12.9. The molecule has 162 valence electrons. The molecule has 31 heavy (non-hydrogen) atoms. The van der Waals surface area contributed by atoms with E-state index in [9.17, 15) is 4.79 Å². The van der Waals surface area contributed by atoms with E-state index in [0.717, 1.165) is 33.8 Å². The second-order valence-electron chi connectivity index (χ2n) is 7.61. The van der Waals surface area contributed by atoms with Crippen molar-refractivity contribution in [3.8, 4) is 33.8 Å². The summed E-state index contributed by atoms with van der Waals surface area (Å²) in [5, 5.41) is 4.70. The fraction of sp³-hybridized carbons (Fsp3) is 0.280. The first-order valence-corrected chi connectivity index (χ1v) is 9.93. The molecule has 0 fully saturated rings. The van der Waals surface area contributed by atoms with Gasteiger partial charge in [-0.25, -0.2) is 13.9 Å². The summed E-state index contributed by atoms with van der Waals surface area (Å²) in [5.74, 6) is 1.89. The lowest BCUT2D eigenvalue weighted by Crippen LogP contribution is -2.23. The van der Waals surface area contributed by atoms with Gasteiger partial charge in [-0.15, -0.1) is 5.10 Å². The van der Waals surface area contributed by atoms with Crippen LogP contribution in [0.5, 0.6) is 11.5 Å². The third-order valence-electron chi connectivity index (χ3n) is 5.07. The number of methoxy groups -OCH3 is 2. The lowest BCUT2D eigenvalue weighted by Gasteiger charge is -2.12. The number of ether oxygens (including phenoxy) is 2. The van der Waals surface area contributed by atoms with Crippen LogP contribution in [-0.4, -0.2) is 28.4 Å². The van der Waals surface area contributed by atoms with E-state index in [-0.39, 0.29) is 13.1 Å². The summed E-state index contributed by atoms with van der Waals surface area (Å²) >= 11 is 0. The Bertz CT molecular complexity index is 1220. The smallest absolute Gasteiger partial charge is 0.350 e. The third-order valence-corrected chi connectivity index (χ3v) is 5.07. The van der Waals surface area contributed by atoms with E-state index in [1.54, 1.807) is 29.5 Å². The zero-order valence-electron chi connectivity index (χ0n) is 17.6. The van der Waals surface area contributed by atoms with Gasteiger partial charge < -0.3 is 9.47 Å². The normalized spacial score (nSPS) is 10.9. The van der Waals surface area contributed by atoms with Gasteiger partial charge in [-0.2, -0.15) is 0 Å². The molecule has 0 saturated heterocycles. The van der Waals surface area contributed by atoms with Crippen LogP contribution < -0.4 is 15.2 Å². The van der Waals surface area contributed by atoms with Gasteiger partial charge in [0.1, 0.15) is 11.5 Å². The second-order valence-corrected chi connectivity index (χ2v) is 7.61. The van der Waals surface area contributed by atoms with Crippen LogP contribution in [0.25, 0.3) is 27.9 Å². The Labute approximate surface area is 182 Å². The highest BCUT2D eigenvalue weighted by Crippen LogP contribution is 2.36. The van der Waals surface area contributed by atoms with Gasteiger partial charge in [0.05, 0.1) is 14.2 Å². The number of pyridine rings is 1. The lowest BCUT2D eigenvalue weighted by molar-refractivity contribution is 0.414. The predicted molar refractivity (Wildman–Crippen MR) is 125 cm³/mol. The summed E-state index contributed by atoms with van der Waals surface area (Å²) in [4.78, 5) is 12.9. The van der Waals surface area contributed by atoms with Crippen LogP contribution in [0.3, 0.4) is 0 Å². The molecule has 0 aliphatic carbocycles. The first-order chi connectivity index (χ1) is 14.5. The van der Waals surface area contributed by atoms with E-state index < -0.39 is 0 Å². The van der Waals surface area contributed by atoms with Crippen LogP contribution in [0, 0.1) is 5.92 Å². The number of rotatable bonds is 6. The number of fused-ring (bicyclic) bond motifs is 1. The average molecular weight is 420 g/mol. The minimum Gasteiger partial charge on any atom is -0.497 e. The van der Waals surface area contributed by atoms with Crippen LogP contribution >= 0.6 is 0 Å². The van der Waals surface area contributed by atoms with Gasteiger partial charge in [-0.1, -0.05) is 45.5 Å². The van der Waals surface area contributed by atoms with Crippen LogP contribution in [-0.2, 0) is 6.54 Å². The molecule has 0 atom stereocenters. The van der Waals surface area contributed by atoms with E-state index >= 15 is 0 Å². The highest BCUT2D eigenvalue weighted by molar-refractivity contribution is 5.91. The number of hydrogen-bond acceptors (Lipinski definition) is 4. The van der Waals surface area contributed by atoms with E-state index in [1.807, 2.05) is 54.6 Å². The molecule has 0 aliphatic rings. The summed E-state index contributed by atoms with van der Waals surface area (Å²) in [6.45, 7) is 4.72. The highest BCUT2D eigenvalue weighted by Gasteiger charge is 2.18. The molecular formula is C25H29N3O3.